The van der Waals surface area contributed by atoms with Crippen LogP contribution in [0.25, 0.3) is 0 Å². The highest BCUT2D eigenvalue weighted by molar-refractivity contribution is 5.70. The molecule has 0 saturated carbocycles. The van der Waals surface area contributed by atoms with Gasteiger partial charge in [0.25, 0.3) is 0 Å². The number of aliphatic hydroxyl groups is 7. The quantitative estimate of drug-likeness (QED) is 0.0380. The largest absolute Gasteiger partial charge is 0.462 e. The molecule has 11 unspecified atom stereocenters. The van der Waals surface area contributed by atoms with Crippen molar-refractivity contribution in [3.05, 3.63) is 0 Å². The van der Waals surface area contributed by atoms with E-state index in [1.807, 2.05) is 0 Å². The summed E-state index contributed by atoms with van der Waals surface area (Å²) >= 11 is 0. The fourth-order valence-electron chi connectivity index (χ4n) is 6.92. The van der Waals surface area contributed by atoms with Gasteiger partial charge in [0.05, 0.1) is 19.8 Å². The Balaban J connectivity index is 1.82. The molecule has 0 amide bonds. The number of hydrogen-bond donors (Lipinski definition) is 7. The monoisotopic (exact) mass is 809 g/mol. The highest BCUT2D eigenvalue weighted by Gasteiger charge is 2.47. The van der Waals surface area contributed by atoms with Crippen LogP contribution in [0.3, 0.4) is 0 Å². The van der Waals surface area contributed by atoms with E-state index in [4.69, 9.17) is 28.4 Å². The molecule has 0 aromatic carbocycles. The first-order valence-corrected chi connectivity index (χ1v) is 21.6. The van der Waals surface area contributed by atoms with Gasteiger partial charge in [0.15, 0.2) is 18.7 Å². The van der Waals surface area contributed by atoms with Crippen LogP contribution in [-0.4, -0.2) is 142 Å². The lowest BCUT2D eigenvalue weighted by Crippen LogP contribution is -2.61. The maximum Gasteiger partial charge on any atom is 0.306 e. The maximum absolute atomic E-state index is 12.8. The molecule has 0 bridgehead atoms. The number of carbonyl (C=O) groups is 2. The van der Waals surface area contributed by atoms with Crippen molar-refractivity contribution in [2.75, 3.05) is 26.4 Å². The van der Waals surface area contributed by atoms with Crippen LogP contribution in [0.15, 0.2) is 0 Å². The fraction of sp³-hybridized carbons (Fsp3) is 0.951. The average Bonchev–Trinajstić information content (AvgIpc) is 3.19. The van der Waals surface area contributed by atoms with Crippen molar-refractivity contribution in [2.45, 2.75) is 223 Å². The third-order valence-electron chi connectivity index (χ3n) is 10.6. The Morgan fingerprint density at radius 3 is 1.39 bits per heavy atom. The van der Waals surface area contributed by atoms with E-state index in [0.717, 1.165) is 44.9 Å². The summed E-state index contributed by atoms with van der Waals surface area (Å²) in [5, 5.41) is 71.6. The van der Waals surface area contributed by atoms with Crippen LogP contribution in [0, 0.1) is 0 Å². The third kappa shape index (κ3) is 20.0. The van der Waals surface area contributed by atoms with Gasteiger partial charge >= 0.3 is 11.9 Å². The molecular weight excluding hydrogens is 732 g/mol. The van der Waals surface area contributed by atoms with Crippen LogP contribution in [0.1, 0.15) is 155 Å². The molecule has 0 aliphatic carbocycles. The summed E-state index contributed by atoms with van der Waals surface area (Å²) in [5.74, 6) is -0.932. The lowest BCUT2D eigenvalue weighted by Gasteiger charge is -2.42. The molecule has 0 spiro atoms. The molecule has 15 nitrogen and oxygen atoms in total. The second-order valence-electron chi connectivity index (χ2n) is 15.5. The Morgan fingerprint density at radius 1 is 0.500 bits per heavy atom. The first-order valence-electron chi connectivity index (χ1n) is 21.6. The van der Waals surface area contributed by atoms with E-state index in [2.05, 4.69) is 13.8 Å². The van der Waals surface area contributed by atoms with Gasteiger partial charge in [0, 0.05) is 12.8 Å². The van der Waals surface area contributed by atoms with Gasteiger partial charge in [0.2, 0.25) is 0 Å². The van der Waals surface area contributed by atoms with E-state index >= 15 is 0 Å². The molecule has 2 heterocycles. The molecule has 0 aromatic heterocycles. The molecule has 2 rings (SSSR count). The minimum atomic E-state index is -1.76. The van der Waals surface area contributed by atoms with Crippen molar-refractivity contribution in [3.63, 3.8) is 0 Å². The average molecular weight is 809 g/mol. The summed E-state index contributed by atoms with van der Waals surface area (Å²) in [4.78, 5) is 25.3. The predicted molar refractivity (Wildman–Crippen MR) is 206 cm³/mol. The molecule has 56 heavy (non-hydrogen) atoms. The highest BCUT2D eigenvalue weighted by atomic mass is 16.7. The summed E-state index contributed by atoms with van der Waals surface area (Å²) in [6.07, 6.45) is 6.35. The second-order valence-corrected chi connectivity index (χ2v) is 15.5. The van der Waals surface area contributed by atoms with Crippen molar-refractivity contribution in [1.29, 1.82) is 0 Å². The van der Waals surface area contributed by atoms with Gasteiger partial charge in [0.1, 0.15) is 55.4 Å². The van der Waals surface area contributed by atoms with Crippen LogP contribution in [0.2, 0.25) is 0 Å². The van der Waals surface area contributed by atoms with E-state index in [9.17, 15) is 45.3 Å². The minimum Gasteiger partial charge on any atom is -0.462 e. The second kappa shape index (κ2) is 30.5. The zero-order valence-electron chi connectivity index (χ0n) is 34.1. The van der Waals surface area contributed by atoms with Crippen LogP contribution >= 0.6 is 0 Å². The van der Waals surface area contributed by atoms with Gasteiger partial charge < -0.3 is 64.2 Å². The topological polar surface area (TPSA) is 231 Å². The van der Waals surface area contributed by atoms with Crippen LogP contribution in [0.5, 0.6) is 0 Å². The summed E-state index contributed by atoms with van der Waals surface area (Å²) < 4.78 is 33.2. The van der Waals surface area contributed by atoms with Crippen molar-refractivity contribution in [2.24, 2.45) is 0 Å². The predicted octanol–water partition coefficient (Wildman–Crippen LogP) is 3.70. The van der Waals surface area contributed by atoms with E-state index in [-0.39, 0.29) is 26.1 Å². The number of carbonyl (C=O) groups excluding carboxylic acids is 2. The summed E-state index contributed by atoms with van der Waals surface area (Å²) in [6, 6.07) is 0. The van der Waals surface area contributed by atoms with Crippen molar-refractivity contribution in [3.8, 4) is 0 Å². The number of unbranched alkanes of at least 4 members (excludes halogenated alkanes) is 18. The molecule has 2 saturated heterocycles. The molecule has 2 fully saturated rings. The Bertz CT molecular complexity index is 1000. The Kier molecular flexibility index (Phi) is 27.6. The maximum atomic E-state index is 12.8. The Labute approximate surface area is 334 Å². The number of rotatable bonds is 32. The van der Waals surface area contributed by atoms with Gasteiger partial charge in [-0.25, -0.2) is 0 Å². The van der Waals surface area contributed by atoms with Crippen LogP contribution in [-0.2, 0) is 38.0 Å². The molecule has 2 aliphatic heterocycles. The first-order chi connectivity index (χ1) is 27.0. The number of ether oxygens (including phenoxy) is 6. The van der Waals surface area contributed by atoms with Crippen molar-refractivity contribution in [1.82, 2.24) is 0 Å². The minimum absolute atomic E-state index is 0.172. The van der Waals surface area contributed by atoms with E-state index < -0.39 is 92.7 Å². The van der Waals surface area contributed by atoms with Crippen molar-refractivity contribution < 1.29 is 73.8 Å². The molecule has 11 atom stereocenters. The van der Waals surface area contributed by atoms with Crippen LogP contribution in [0.4, 0.5) is 0 Å². The molecule has 330 valence electrons. The van der Waals surface area contributed by atoms with Gasteiger partial charge in [-0.2, -0.15) is 0 Å². The lowest BCUT2D eigenvalue weighted by atomic mass is 9.98. The van der Waals surface area contributed by atoms with Gasteiger partial charge in [-0.05, 0) is 12.8 Å². The van der Waals surface area contributed by atoms with E-state index in [0.29, 0.717) is 12.8 Å². The van der Waals surface area contributed by atoms with E-state index in [1.54, 1.807) is 0 Å². The molecule has 0 radical (unpaired) electrons. The lowest BCUT2D eigenvalue weighted by molar-refractivity contribution is -0.332. The number of hydrogen-bond acceptors (Lipinski definition) is 15. The number of aliphatic hydroxyl groups excluding tert-OH is 7. The summed E-state index contributed by atoms with van der Waals surface area (Å²) in [5.41, 5.74) is 0. The summed E-state index contributed by atoms with van der Waals surface area (Å²) in [7, 11) is 0. The third-order valence-corrected chi connectivity index (χ3v) is 10.6. The summed E-state index contributed by atoms with van der Waals surface area (Å²) in [6.45, 7) is 2.48. The van der Waals surface area contributed by atoms with Crippen LogP contribution < -0.4 is 0 Å². The molecule has 0 aromatic rings. The Morgan fingerprint density at radius 2 is 0.911 bits per heavy atom. The SMILES string of the molecule is CCCCCCCCCCCCCCCCCC(=O)OC(COC(=O)CCCCCCC)COC1OC(COC2OC(CO)C(O)C(O)C2O)C(O)C(O)C1O. The zero-order valence-corrected chi connectivity index (χ0v) is 34.1. The Hall–Kier alpha value is -1.50. The van der Waals surface area contributed by atoms with Gasteiger partial charge in [-0.1, -0.05) is 129 Å². The molecular formula is C41H76O15. The van der Waals surface area contributed by atoms with Gasteiger partial charge in [-0.3, -0.25) is 9.59 Å². The van der Waals surface area contributed by atoms with Crippen molar-refractivity contribution >= 4 is 11.9 Å². The molecule has 15 heteroatoms. The number of esters is 2. The van der Waals surface area contributed by atoms with E-state index in [1.165, 1.54) is 70.6 Å². The fourth-order valence-corrected chi connectivity index (χ4v) is 6.92. The van der Waals surface area contributed by atoms with Gasteiger partial charge in [-0.15, -0.1) is 0 Å². The zero-order chi connectivity index (χ0) is 41.1. The first kappa shape index (κ1) is 50.6. The molecule has 7 N–H and O–H groups in total. The standard InChI is InChI=1S/C41H76O15/c1-3-5-7-9-10-11-12-13-14-15-16-17-18-20-22-24-33(44)54-29(26-51-32(43)23-21-19-8-6-4-2)27-52-40-39(50)37(48)35(46)31(56-40)28-53-41-38(49)36(47)34(45)30(25-42)55-41/h29-31,34-42,45-50H,3-28H2,1-2H3. The molecule has 2 aliphatic rings. The normalized spacial score (nSPS) is 28.6. The highest BCUT2D eigenvalue weighted by Crippen LogP contribution is 2.26. The smallest absolute Gasteiger partial charge is 0.306 e.